The SMILES string of the molecule is Cc1nc(N)nc(N2CCC3(CC2)OCCC[C@H]3O)c1CCC(=O)O. The minimum Gasteiger partial charge on any atom is -0.481 e. The predicted octanol–water partition coefficient (Wildman–Crippen LogP) is 0.895. The van der Waals surface area contributed by atoms with Crippen LogP contribution in [0.2, 0.25) is 0 Å². The van der Waals surface area contributed by atoms with Gasteiger partial charge in [-0.2, -0.15) is 4.98 Å². The number of ether oxygens (including phenoxy) is 1. The molecular formula is C17H26N4O4. The van der Waals surface area contributed by atoms with Crippen LogP contribution in [0.5, 0.6) is 0 Å². The average Bonchev–Trinajstić information content (AvgIpc) is 2.57. The average molecular weight is 350 g/mol. The fourth-order valence-electron chi connectivity index (χ4n) is 3.87. The molecule has 1 atom stereocenters. The highest BCUT2D eigenvalue weighted by Crippen LogP contribution is 2.37. The molecule has 2 saturated heterocycles. The van der Waals surface area contributed by atoms with E-state index in [-0.39, 0.29) is 12.4 Å². The lowest BCUT2D eigenvalue weighted by Crippen LogP contribution is -2.55. The largest absolute Gasteiger partial charge is 0.481 e. The summed E-state index contributed by atoms with van der Waals surface area (Å²) in [5.41, 5.74) is 6.92. The highest BCUT2D eigenvalue weighted by Gasteiger charge is 2.44. The van der Waals surface area contributed by atoms with E-state index >= 15 is 0 Å². The first kappa shape index (κ1) is 17.9. The predicted molar refractivity (Wildman–Crippen MR) is 92.5 cm³/mol. The number of rotatable bonds is 4. The Kier molecular flexibility index (Phi) is 5.10. The Morgan fingerprint density at radius 2 is 2.12 bits per heavy atom. The third-order valence-corrected chi connectivity index (χ3v) is 5.33. The summed E-state index contributed by atoms with van der Waals surface area (Å²) in [7, 11) is 0. The number of aromatic nitrogens is 2. The zero-order chi connectivity index (χ0) is 18.0. The van der Waals surface area contributed by atoms with Crippen LogP contribution in [-0.2, 0) is 16.0 Å². The minimum atomic E-state index is -0.849. The summed E-state index contributed by atoms with van der Waals surface area (Å²) in [6.45, 7) is 3.90. The highest BCUT2D eigenvalue weighted by atomic mass is 16.5. The third kappa shape index (κ3) is 3.69. The number of piperidine rings is 1. The van der Waals surface area contributed by atoms with Crippen LogP contribution < -0.4 is 10.6 Å². The van der Waals surface area contributed by atoms with Gasteiger partial charge in [0.1, 0.15) is 5.82 Å². The number of carboxylic acid groups (broad SMARTS) is 1. The van der Waals surface area contributed by atoms with Crippen molar-refractivity contribution in [2.75, 3.05) is 30.3 Å². The molecule has 1 spiro atoms. The number of aryl methyl sites for hydroxylation is 1. The number of aliphatic carboxylic acids is 1. The number of nitrogens with zero attached hydrogens (tertiary/aromatic N) is 3. The van der Waals surface area contributed by atoms with Gasteiger partial charge in [0, 0.05) is 37.4 Å². The standard InChI is InChI=1S/C17H26N4O4/c1-11-12(4-5-14(23)24)15(20-16(18)19-11)21-8-6-17(7-9-21)13(22)3-2-10-25-17/h13,22H,2-10H2,1H3,(H,23,24)(H2,18,19,20)/t13-/m1/s1. The number of hydrogen-bond acceptors (Lipinski definition) is 7. The Balaban J connectivity index is 1.79. The van der Waals surface area contributed by atoms with E-state index < -0.39 is 17.7 Å². The van der Waals surface area contributed by atoms with Gasteiger partial charge in [-0.05, 0) is 39.0 Å². The summed E-state index contributed by atoms with van der Waals surface area (Å²) in [6.07, 6.45) is 3.09. The van der Waals surface area contributed by atoms with Crippen LogP contribution in [0.15, 0.2) is 0 Å². The van der Waals surface area contributed by atoms with Gasteiger partial charge in [0.25, 0.3) is 0 Å². The molecule has 2 aliphatic heterocycles. The van der Waals surface area contributed by atoms with E-state index in [0.717, 1.165) is 36.9 Å². The molecule has 4 N–H and O–H groups in total. The number of nitrogen functional groups attached to an aromatic ring is 1. The maximum atomic E-state index is 11.0. The van der Waals surface area contributed by atoms with Gasteiger partial charge in [-0.1, -0.05) is 0 Å². The van der Waals surface area contributed by atoms with E-state index in [1.165, 1.54) is 0 Å². The van der Waals surface area contributed by atoms with Gasteiger partial charge in [-0.3, -0.25) is 4.79 Å². The van der Waals surface area contributed by atoms with Crippen molar-refractivity contribution >= 4 is 17.7 Å². The quantitative estimate of drug-likeness (QED) is 0.732. The number of anilines is 2. The van der Waals surface area contributed by atoms with Gasteiger partial charge in [0.05, 0.1) is 11.7 Å². The second-order valence-corrected chi connectivity index (χ2v) is 6.92. The van der Waals surface area contributed by atoms with E-state index in [0.29, 0.717) is 31.9 Å². The molecule has 2 aliphatic rings. The second kappa shape index (κ2) is 7.13. The van der Waals surface area contributed by atoms with Gasteiger partial charge < -0.3 is 25.6 Å². The van der Waals surface area contributed by atoms with Crippen molar-refractivity contribution in [3.05, 3.63) is 11.3 Å². The molecule has 2 fully saturated rings. The first-order chi connectivity index (χ1) is 11.9. The van der Waals surface area contributed by atoms with Crippen molar-refractivity contribution in [3.8, 4) is 0 Å². The molecule has 1 aromatic rings. The number of aliphatic hydroxyl groups excluding tert-OH is 1. The zero-order valence-corrected chi connectivity index (χ0v) is 14.6. The first-order valence-electron chi connectivity index (χ1n) is 8.83. The summed E-state index contributed by atoms with van der Waals surface area (Å²) in [4.78, 5) is 21.6. The molecule has 0 saturated carbocycles. The summed E-state index contributed by atoms with van der Waals surface area (Å²) >= 11 is 0. The lowest BCUT2D eigenvalue weighted by molar-refractivity contribution is -0.164. The van der Waals surface area contributed by atoms with E-state index in [1.807, 2.05) is 6.92 Å². The molecule has 0 unspecified atom stereocenters. The summed E-state index contributed by atoms with van der Waals surface area (Å²) < 4.78 is 5.95. The van der Waals surface area contributed by atoms with E-state index in [1.54, 1.807) is 0 Å². The number of nitrogens with two attached hydrogens (primary N) is 1. The molecule has 0 radical (unpaired) electrons. The molecule has 3 heterocycles. The van der Waals surface area contributed by atoms with E-state index in [9.17, 15) is 9.90 Å². The van der Waals surface area contributed by atoms with Crippen molar-refractivity contribution in [1.82, 2.24) is 9.97 Å². The van der Waals surface area contributed by atoms with Gasteiger partial charge in [0.15, 0.2) is 0 Å². The fourth-order valence-corrected chi connectivity index (χ4v) is 3.87. The normalized spacial score (nSPS) is 23.0. The lowest BCUT2D eigenvalue weighted by atomic mass is 9.82. The first-order valence-corrected chi connectivity index (χ1v) is 8.83. The smallest absolute Gasteiger partial charge is 0.303 e. The molecule has 0 bridgehead atoms. The summed E-state index contributed by atoms with van der Waals surface area (Å²) in [6, 6.07) is 0. The minimum absolute atomic E-state index is 0.0285. The molecule has 8 heteroatoms. The van der Waals surface area contributed by atoms with Gasteiger partial charge in [-0.15, -0.1) is 0 Å². The Labute approximate surface area is 147 Å². The highest BCUT2D eigenvalue weighted by molar-refractivity contribution is 5.68. The molecule has 8 nitrogen and oxygen atoms in total. The van der Waals surface area contributed by atoms with Crippen molar-refractivity contribution in [1.29, 1.82) is 0 Å². The number of carboxylic acids is 1. The number of hydrogen-bond donors (Lipinski definition) is 3. The topological polar surface area (TPSA) is 122 Å². The Hall–Kier alpha value is -1.93. The van der Waals surface area contributed by atoms with Crippen LogP contribution in [-0.4, -0.2) is 57.6 Å². The monoisotopic (exact) mass is 350 g/mol. The molecular weight excluding hydrogens is 324 g/mol. The Morgan fingerprint density at radius 3 is 2.76 bits per heavy atom. The Morgan fingerprint density at radius 1 is 1.40 bits per heavy atom. The summed E-state index contributed by atoms with van der Waals surface area (Å²) in [5, 5.41) is 19.4. The molecule has 25 heavy (non-hydrogen) atoms. The van der Waals surface area contributed by atoms with Crippen LogP contribution in [0, 0.1) is 6.92 Å². The van der Waals surface area contributed by atoms with E-state index in [2.05, 4.69) is 14.9 Å². The molecule has 0 aromatic carbocycles. The summed E-state index contributed by atoms with van der Waals surface area (Å²) in [5.74, 6) is 0.0608. The molecule has 0 aliphatic carbocycles. The third-order valence-electron chi connectivity index (χ3n) is 5.33. The van der Waals surface area contributed by atoms with Gasteiger partial charge in [0.2, 0.25) is 5.95 Å². The number of aliphatic hydroxyl groups is 1. The zero-order valence-electron chi connectivity index (χ0n) is 14.6. The van der Waals surface area contributed by atoms with Crippen molar-refractivity contribution < 1.29 is 19.7 Å². The lowest BCUT2D eigenvalue weighted by Gasteiger charge is -2.47. The van der Waals surface area contributed by atoms with Crippen LogP contribution >= 0.6 is 0 Å². The maximum absolute atomic E-state index is 11.0. The van der Waals surface area contributed by atoms with Gasteiger partial charge in [-0.25, -0.2) is 4.98 Å². The van der Waals surface area contributed by atoms with Crippen molar-refractivity contribution in [3.63, 3.8) is 0 Å². The van der Waals surface area contributed by atoms with Crippen LogP contribution in [0.25, 0.3) is 0 Å². The van der Waals surface area contributed by atoms with Crippen molar-refractivity contribution in [2.24, 2.45) is 0 Å². The molecule has 1 aromatic heterocycles. The Bertz CT molecular complexity index is 644. The maximum Gasteiger partial charge on any atom is 0.303 e. The van der Waals surface area contributed by atoms with Crippen LogP contribution in [0.4, 0.5) is 11.8 Å². The molecule has 0 amide bonds. The van der Waals surface area contributed by atoms with E-state index in [4.69, 9.17) is 15.6 Å². The second-order valence-electron chi connectivity index (χ2n) is 6.92. The van der Waals surface area contributed by atoms with Crippen molar-refractivity contribution in [2.45, 2.75) is 57.2 Å². The number of carbonyl (C=O) groups is 1. The van der Waals surface area contributed by atoms with Crippen LogP contribution in [0.3, 0.4) is 0 Å². The molecule has 138 valence electrons. The molecule has 3 rings (SSSR count). The van der Waals surface area contributed by atoms with Gasteiger partial charge >= 0.3 is 5.97 Å². The van der Waals surface area contributed by atoms with Crippen LogP contribution in [0.1, 0.15) is 43.4 Å². The fraction of sp³-hybridized carbons (Fsp3) is 0.706.